The van der Waals surface area contributed by atoms with Crippen molar-refractivity contribution >= 4 is 11.3 Å². The van der Waals surface area contributed by atoms with Crippen LogP contribution in [0.1, 0.15) is 49.1 Å². The van der Waals surface area contributed by atoms with Gasteiger partial charge in [-0.2, -0.15) is 0 Å². The van der Waals surface area contributed by atoms with Crippen LogP contribution < -0.4 is 5.32 Å². The number of nitrogens with one attached hydrogen (secondary N) is 1. The van der Waals surface area contributed by atoms with Crippen LogP contribution in [0.5, 0.6) is 0 Å². The predicted octanol–water partition coefficient (Wildman–Crippen LogP) is 2.73. The van der Waals surface area contributed by atoms with Crippen molar-refractivity contribution in [2.75, 3.05) is 13.1 Å². The number of thiazole rings is 1. The predicted molar refractivity (Wildman–Crippen MR) is 61.0 cm³/mol. The van der Waals surface area contributed by atoms with Crippen LogP contribution in [0.4, 0.5) is 0 Å². The number of aromatic nitrogens is 1. The average molecular weight is 210 g/mol. The van der Waals surface area contributed by atoms with Gasteiger partial charge in [-0.3, -0.25) is 0 Å². The smallest absolute Gasteiger partial charge is 0.0797 e. The van der Waals surface area contributed by atoms with Crippen LogP contribution in [0.3, 0.4) is 0 Å². The normalized spacial score (nSPS) is 22.9. The van der Waals surface area contributed by atoms with E-state index in [4.69, 9.17) is 0 Å². The van der Waals surface area contributed by atoms with Crippen molar-refractivity contribution in [1.29, 1.82) is 0 Å². The maximum absolute atomic E-state index is 4.54. The van der Waals surface area contributed by atoms with Crippen LogP contribution in [-0.2, 0) is 0 Å². The molecule has 2 heterocycles. The Kier molecular flexibility index (Phi) is 3.19. The minimum Gasteiger partial charge on any atom is -0.316 e. The van der Waals surface area contributed by atoms with Gasteiger partial charge in [0.15, 0.2) is 0 Å². The summed E-state index contributed by atoms with van der Waals surface area (Å²) in [7, 11) is 0. The van der Waals surface area contributed by atoms with Crippen molar-refractivity contribution in [3.05, 3.63) is 16.1 Å². The Balaban J connectivity index is 2.17. The topological polar surface area (TPSA) is 24.9 Å². The fraction of sp³-hybridized carbons (Fsp3) is 0.727. The standard InChI is InChI=1S/C11H18N2S/c1-8(2)11-10(13-7-14-11)9-4-3-5-12-6-9/h7-9,12H,3-6H2,1-2H3. The number of nitrogens with zero attached hydrogens (tertiary/aromatic N) is 1. The fourth-order valence-electron chi connectivity index (χ4n) is 2.09. The summed E-state index contributed by atoms with van der Waals surface area (Å²) in [5.74, 6) is 1.28. The van der Waals surface area contributed by atoms with Crippen LogP contribution in [-0.4, -0.2) is 18.1 Å². The third kappa shape index (κ3) is 1.98. The van der Waals surface area contributed by atoms with Crippen molar-refractivity contribution in [3.8, 4) is 0 Å². The third-order valence-electron chi connectivity index (χ3n) is 2.83. The number of rotatable bonds is 2. The largest absolute Gasteiger partial charge is 0.316 e. The molecule has 1 fully saturated rings. The summed E-state index contributed by atoms with van der Waals surface area (Å²) >= 11 is 1.81. The minimum atomic E-state index is 0.624. The summed E-state index contributed by atoms with van der Waals surface area (Å²) in [5, 5.41) is 3.45. The molecule has 2 nitrogen and oxygen atoms in total. The molecular formula is C11H18N2S. The molecule has 0 bridgehead atoms. The number of hydrogen-bond acceptors (Lipinski definition) is 3. The summed E-state index contributed by atoms with van der Waals surface area (Å²) in [6, 6.07) is 0. The molecule has 1 aliphatic heterocycles. The first-order valence-corrected chi connectivity index (χ1v) is 6.31. The second-order valence-corrected chi connectivity index (χ2v) is 5.19. The summed E-state index contributed by atoms with van der Waals surface area (Å²) in [6.07, 6.45) is 2.59. The first-order valence-electron chi connectivity index (χ1n) is 5.43. The molecule has 1 aromatic heterocycles. The van der Waals surface area contributed by atoms with E-state index in [0.717, 1.165) is 6.54 Å². The summed E-state index contributed by atoms with van der Waals surface area (Å²) < 4.78 is 0. The van der Waals surface area contributed by atoms with E-state index in [9.17, 15) is 0 Å². The molecule has 14 heavy (non-hydrogen) atoms. The lowest BCUT2D eigenvalue weighted by Crippen LogP contribution is -2.29. The van der Waals surface area contributed by atoms with Gasteiger partial charge in [-0.1, -0.05) is 13.8 Å². The Bertz CT molecular complexity index is 287. The summed E-state index contributed by atoms with van der Waals surface area (Å²) in [6.45, 7) is 6.81. The molecule has 1 atom stereocenters. The molecule has 3 heteroatoms. The van der Waals surface area contributed by atoms with Gasteiger partial charge < -0.3 is 5.32 Å². The lowest BCUT2D eigenvalue weighted by Gasteiger charge is -2.22. The highest BCUT2D eigenvalue weighted by Gasteiger charge is 2.21. The Hall–Kier alpha value is -0.410. The Morgan fingerprint density at radius 3 is 3.07 bits per heavy atom. The zero-order valence-corrected chi connectivity index (χ0v) is 9.73. The lowest BCUT2D eigenvalue weighted by atomic mass is 9.93. The Morgan fingerprint density at radius 2 is 2.43 bits per heavy atom. The van der Waals surface area contributed by atoms with Crippen molar-refractivity contribution < 1.29 is 0 Å². The summed E-state index contributed by atoms with van der Waals surface area (Å²) in [4.78, 5) is 6.02. The van der Waals surface area contributed by atoms with Crippen LogP contribution >= 0.6 is 11.3 Å². The molecule has 0 radical (unpaired) electrons. The zero-order chi connectivity index (χ0) is 9.97. The van der Waals surface area contributed by atoms with Crippen molar-refractivity contribution in [2.24, 2.45) is 0 Å². The number of hydrogen-bond donors (Lipinski definition) is 1. The molecule has 1 aromatic rings. The molecule has 1 unspecified atom stereocenters. The maximum Gasteiger partial charge on any atom is 0.0797 e. The van der Waals surface area contributed by atoms with Gasteiger partial charge in [-0.25, -0.2) is 4.98 Å². The van der Waals surface area contributed by atoms with Gasteiger partial charge in [0.05, 0.1) is 11.2 Å². The van der Waals surface area contributed by atoms with E-state index in [2.05, 4.69) is 24.1 Å². The van der Waals surface area contributed by atoms with Gasteiger partial charge in [0.25, 0.3) is 0 Å². The minimum absolute atomic E-state index is 0.624. The number of piperidine rings is 1. The molecule has 0 aliphatic carbocycles. The SMILES string of the molecule is CC(C)c1scnc1C1CCCNC1. The van der Waals surface area contributed by atoms with E-state index in [-0.39, 0.29) is 0 Å². The molecule has 1 N–H and O–H groups in total. The van der Waals surface area contributed by atoms with Gasteiger partial charge in [-0.05, 0) is 25.3 Å². The highest BCUT2D eigenvalue weighted by molar-refractivity contribution is 7.09. The molecule has 0 saturated carbocycles. The van der Waals surface area contributed by atoms with Crippen LogP contribution in [0.15, 0.2) is 5.51 Å². The van der Waals surface area contributed by atoms with E-state index >= 15 is 0 Å². The van der Waals surface area contributed by atoms with E-state index < -0.39 is 0 Å². The van der Waals surface area contributed by atoms with Gasteiger partial charge in [0, 0.05) is 17.3 Å². The van der Waals surface area contributed by atoms with Crippen LogP contribution in [0, 0.1) is 0 Å². The maximum atomic E-state index is 4.54. The van der Waals surface area contributed by atoms with E-state index in [0.29, 0.717) is 11.8 Å². The fourth-order valence-corrected chi connectivity index (χ4v) is 2.98. The van der Waals surface area contributed by atoms with Gasteiger partial charge in [0.2, 0.25) is 0 Å². The quantitative estimate of drug-likeness (QED) is 0.812. The van der Waals surface area contributed by atoms with E-state index in [1.807, 2.05) is 16.8 Å². The molecule has 2 rings (SSSR count). The molecule has 0 amide bonds. The second-order valence-electron chi connectivity index (χ2n) is 4.30. The molecule has 0 spiro atoms. The van der Waals surface area contributed by atoms with Crippen LogP contribution in [0.2, 0.25) is 0 Å². The third-order valence-corrected chi connectivity index (χ3v) is 3.98. The van der Waals surface area contributed by atoms with Gasteiger partial charge in [0.1, 0.15) is 0 Å². The monoisotopic (exact) mass is 210 g/mol. The first-order chi connectivity index (χ1) is 6.79. The van der Waals surface area contributed by atoms with E-state index in [1.165, 1.54) is 30.0 Å². The Labute approximate surface area is 89.8 Å². The van der Waals surface area contributed by atoms with Crippen molar-refractivity contribution in [2.45, 2.75) is 38.5 Å². The average Bonchev–Trinajstić information content (AvgIpc) is 2.67. The van der Waals surface area contributed by atoms with Crippen molar-refractivity contribution in [3.63, 3.8) is 0 Å². The van der Waals surface area contributed by atoms with E-state index in [1.54, 1.807) is 0 Å². The summed E-state index contributed by atoms with van der Waals surface area (Å²) in [5.41, 5.74) is 3.36. The highest BCUT2D eigenvalue weighted by atomic mass is 32.1. The molecule has 1 aliphatic rings. The first kappa shape index (κ1) is 10.1. The molecular weight excluding hydrogens is 192 g/mol. The molecule has 1 saturated heterocycles. The zero-order valence-electron chi connectivity index (χ0n) is 8.92. The van der Waals surface area contributed by atoms with Crippen molar-refractivity contribution in [1.82, 2.24) is 10.3 Å². The Morgan fingerprint density at radius 1 is 1.57 bits per heavy atom. The van der Waals surface area contributed by atoms with Crippen LogP contribution in [0.25, 0.3) is 0 Å². The second kappa shape index (κ2) is 4.41. The van der Waals surface area contributed by atoms with Gasteiger partial charge >= 0.3 is 0 Å². The lowest BCUT2D eigenvalue weighted by molar-refractivity contribution is 0.453. The highest BCUT2D eigenvalue weighted by Crippen LogP contribution is 2.31. The van der Waals surface area contributed by atoms with Gasteiger partial charge in [-0.15, -0.1) is 11.3 Å². The molecule has 78 valence electrons. The molecule has 0 aromatic carbocycles.